The van der Waals surface area contributed by atoms with Crippen molar-refractivity contribution in [3.8, 4) is 5.88 Å². The van der Waals surface area contributed by atoms with Crippen molar-refractivity contribution in [1.29, 1.82) is 0 Å². The van der Waals surface area contributed by atoms with Crippen molar-refractivity contribution in [2.24, 2.45) is 5.41 Å². The molecule has 52 heavy (non-hydrogen) atoms. The minimum Gasteiger partial charge on any atom is -0.472 e. The third kappa shape index (κ3) is 7.00. The number of aromatic nitrogens is 6. The van der Waals surface area contributed by atoms with Gasteiger partial charge in [0.25, 0.3) is 0 Å². The summed E-state index contributed by atoms with van der Waals surface area (Å²) >= 11 is 0. The van der Waals surface area contributed by atoms with Crippen molar-refractivity contribution in [3.63, 3.8) is 0 Å². The molecule has 2 atom stereocenters. The molecule has 0 saturated carbocycles. The van der Waals surface area contributed by atoms with Gasteiger partial charge in [-0.2, -0.15) is 4.31 Å². The number of amides is 1. The van der Waals surface area contributed by atoms with E-state index in [9.17, 15) is 22.3 Å². The molecule has 6 rings (SSSR count). The van der Waals surface area contributed by atoms with Crippen LogP contribution in [0.1, 0.15) is 67.9 Å². The molecule has 2 unspecified atom stereocenters. The SMILES string of the molecule is CCC1CN(Cc2cc(C(c3ccc4c(nnn4CC)c3C)C(C)(C)C(=O)Nc3cnc(S(C)(=O)=O)nc3)ccc2C)S(O)(O)c2cccnc2O1. The number of nitrogens with zero attached hydrogens (tertiary/aromatic N) is 7. The van der Waals surface area contributed by atoms with E-state index in [1.165, 1.54) is 12.4 Å². The van der Waals surface area contributed by atoms with E-state index in [-0.39, 0.29) is 46.7 Å². The number of pyridine rings is 1. The van der Waals surface area contributed by atoms with Gasteiger partial charge in [-0.15, -0.1) is 15.9 Å². The fourth-order valence-electron chi connectivity index (χ4n) is 6.65. The maximum Gasteiger partial charge on any atom is 0.246 e. The lowest BCUT2D eigenvalue weighted by molar-refractivity contribution is -0.124. The summed E-state index contributed by atoms with van der Waals surface area (Å²) in [6.07, 6.45) is 5.46. The average Bonchev–Trinajstić information content (AvgIpc) is 3.49. The van der Waals surface area contributed by atoms with Crippen LogP contribution in [0.25, 0.3) is 11.0 Å². The van der Waals surface area contributed by atoms with Crippen LogP contribution in [-0.2, 0) is 27.7 Å². The first-order chi connectivity index (χ1) is 24.6. The zero-order valence-corrected chi connectivity index (χ0v) is 31.9. The zero-order valence-electron chi connectivity index (χ0n) is 30.2. The number of anilines is 1. The highest BCUT2D eigenvalue weighted by Crippen LogP contribution is 2.57. The molecule has 0 bridgehead atoms. The second-order valence-corrected chi connectivity index (χ2v) is 17.6. The van der Waals surface area contributed by atoms with Crippen LogP contribution in [0.15, 0.2) is 71.1 Å². The Bertz CT molecular complexity index is 2240. The van der Waals surface area contributed by atoms with Gasteiger partial charge in [-0.1, -0.05) is 50.3 Å². The minimum absolute atomic E-state index is 0.197. The second-order valence-electron chi connectivity index (χ2n) is 13.7. The van der Waals surface area contributed by atoms with Gasteiger partial charge in [-0.3, -0.25) is 13.9 Å². The Hall–Kier alpha value is -4.48. The highest BCUT2D eigenvalue weighted by Gasteiger charge is 2.41. The summed E-state index contributed by atoms with van der Waals surface area (Å²) in [5, 5.41) is 11.4. The number of nitrogens with one attached hydrogen (secondary N) is 1. The molecule has 5 aromatic rings. The maximum absolute atomic E-state index is 14.3. The molecular weight excluding hydrogens is 705 g/mol. The summed E-state index contributed by atoms with van der Waals surface area (Å²) in [7, 11) is -7.09. The lowest BCUT2D eigenvalue weighted by atomic mass is 9.69. The fraction of sp³-hybridized carbons (Fsp3) is 0.389. The number of carbonyl (C=O) groups excluding carboxylic acids is 1. The molecule has 1 aliphatic rings. The first-order valence-corrected chi connectivity index (χ1v) is 20.4. The molecule has 0 spiro atoms. The second kappa shape index (κ2) is 14.2. The molecule has 1 aliphatic heterocycles. The van der Waals surface area contributed by atoms with Crippen LogP contribution >= 0.6 is 10.8 Å². The number of sulfone groups is 1. The van der Waals surface area contributed by atoms with Crippen molar-refractivity contribution in [2.45, 2.75) is 83.1 Å². The summed E-state index contributed by atoms with van der Waals surface area (Å²) in [5.41, 5.74) is 5.10. The molecule has 16 heteroatoms. The van der Waals surface area contributed by atoms with Crippen molar-refractivity contribution in [3.05, 3.63) is 88.9 Å². The van der Waals surface area contributed by atoms with E-state index in [4.69, 9.17) is 4.74 Å². The maximum atomic E-state index is 14.3. The predicted molar refractivity (Wildman–Crippen MR) is 199 cm³/mol. The van der Waals surface area contributed by atoms with Crippen molar-refractivity contribution in [2.75, 3.05) is 18.1 Å². The highest BCUT2D eigenvalue weighted by atomic mass is 32.3. The van der Waals surface area contributed by atoms with Crippen molar-refractivity contribution < 1.29 is 27.1 Å². The number of fused-ring (bicyclic) bond motifs is 2. The molecule has 1 amide bonds. The first-order valence-electron chi connectivity index (χ1n) is 17.0. The molecule has 3 N–H and O–H groups in total. The highest BCUT2D eigenvalue weighted by molar-refractivity contribution is 8.22. The molecule has 3 aromatic heterocycles. The van der Waals surface area contributed by atoms with Crippen LogP contribution in [-0.4, -0.2) is 76.6 Å². The van der Waals surface area contributed by atoms with Crippen LogP contribution < -0.4 is 10.1 Å². The van der Waals surface area contributed by atoms with E-state index in [2.05, 4.69) is 30.6 Å². The van der Waals surface area contributed by atoms with Crippen LogP contribution in [0.4, 0.5) is 5.69 Å². The molecule has 0 aliphatic carbocycles. The Morgan fingerprint density at radius 3 is 2.50 bits per heavy atom. The van der Waals surface area contributed by atoms with Gasteiger partial charge in [0, 0.05) is 31.5 Å². The van der Waals surface area contributed by atoms with E-state index < -0.39 is 31.9 Å². The standard InChI is InChI=1S/C36H44N8O6S2/c1-8-27-21-43(52(48,49)30-11-10-16-37-33(30)50-27)20-25-17-24(13-12-22(25)3)31(28-14-15-29-32(23(28)4)41-42-44(29)9-2)36(5,6)34(45)40-26-18-38-35(39-19-26)51(7,46)47/h10-19,27,31,48-49H,8-9,20-21H2,1-7H3,(H,40,45). The molecular formula is C36H44N8O6S2. The zero-order chi connectivity index (χ0) is 37.6. The van der Waals surface area contributed by atoms with E-state index in [0.717, 1.165) is 45.1 Å². The lowest BCUT2D eigenvalue weighted by Gasteiger charge is -2.42. The summed E-state index contributed by atoms with van der Waals surface area (Å²) in [6.45, 7) is 12.7. The fourth-order valence-corrected chi connectivity index (χ4v) is 8.70. The number of aryl methyl sites for hydroxylation is 3. The third-order valence-corrected chi connectivity index (χ3v) is 12.5. The van der Waals surface area contributed by atoms with Gasteiger partial charge >= 0.3 is 0 Å². The number of hydrogen-bond donors (Lipinski definition) is 3. The number of ether oxygens (including phenoxy) is 1. The number of carbonyl (C=O) groups is 1. The normalized spacial score (nSPS) is 17.5. The Morgan fingerprint density at radius 2 is 1.83 bits per heavy atom. The summed E-state index contributed by atoms with van der Waals surface area (Å²) < 4.78 is 56.8. The third-order valence-electron chi connectivity index (χ3n) is 9.70. The van der Waals surface area contributed by atoms with Gasteiger partial charge in [0.2, 0.25) is 26.8 Å². The summed E-state index contributed by atoms with van der Waals surface area (Å²) in [4.78, 5) is 26.7. The monoisotopic (exact) mass is 748 g/mol. The van der Waals surface area contributed by atoms with Crippen LogP contribution in [0.2, 0.25) is 0 Å². The van der Waals surface area contributed by atoms with E-state index in [1.807, 2.05) is 76.6 Å². The van der Waals surface area contributed by atoms with E-state index >= 15 is 0 Å². The molecule has 0 radical (unpaired) electrons. The Morgan fingerprint density at radius 1 is 1.10 bits per heavy atom. The number of hydrogen-bond acceptors (Lipinski definition) is 12. The number of rotatable bonds is 10. The van der Waals surface area contributed by atoms with Gasteiger partial charge in [0.1, 0.15) is 16.5 Å². The van der Waals surface area contributed by atoms with Gasteiger partial charge in [0.05, 0.1) is 35.6 Å². The molecule has 2 aromatic carbocycles. The van der Waals surface area contributed by atoms with Gasteiger partial charge in [-0.25, -0.2) is 28.1 Å². The Kier molecular flexibility index (Phi) is 10.1. The van der Waals surface area contributed by atoms with Gasteiger partial charge in [0.15, 0.2) is 0 Å². The lowest BCUT2D eigenvalue weighted by Crippen LogP contribution is -2.37. The largest absolute Gasteiger partial charge is 0.472 e. The number of benzene rings is 2. The minimum atomic E-state index is -3.62. The van der Waals surface area contributed by atoms with Crippen molar-refractivity contribution in [1.82, 2.24) is 34.3 Å². The molecule has 14 nitrogen and oxygen atoms in total. The van der Waals surface area contributed by atoms with E-state index in [0.29, 0.717) is 13.0 Å². The summed E-state index contributed by atoms with van der Waals surface area (Å²) in [6, 6.07) is 13.3. The quantitative estimate of drug-likeness (QED) is 0.139. The topological polar surface area (TPSA) is 186 Å². The molecule has 0 fully saturated rings. The van der Waals surface area contributed by atoms with Crippen LogP contribution in [0.5, 0.6) is 5.88 Å². The van der Waals surface area contributed by atoms with Gasteiger partial charge < -0.3 is 10.1 Å². The Balaban J connectivity index is 1.44. The molecule has 0 saturated heterocycles. The molecule has 4 heterocycles. The van der Waals surface area contributed by atoms with Crippen LogP contribution in [0, 0.1) is 19.3 Å². The average molecular weight is 749 g/mol. The van der Waals surface area contributed by atoms with Crippen LogP contribution in [0.3, 0.4) is 0 Å². The van der Waals surface area contributed by atoms with Gasteiger partial charge in [-0.05, 0) is 73.2 Å². The van der Waals surface area contributed by atoms with E-state index in [1.54, 1.807) is 22.6 Å². The van der Waals surface area contributed by atoms with Crippen molar-refractivity contribution >= 4 is 43.2 Å². The first kappa shape index (κ1) is 37.3. The predicted octanol–water partition coefficient (Wildman–Crippen LogP) is 6.15. The Labute approximate surface area is 305 Å². The smallest absolute Gasteiger partial charge is 0.246 e. The summed E-state index contributed by atoms with van der Waals surface area (Å²) in [5.74, 6) is -0.654. The molecule has 276 valence electrons.